The Morgan fingerprint density at radius 1 is 1.10 bits per heavy atom. The first-order chi connectivity index (χ1) is 9.86. The van der Waals surface area contributed by atoms with Crippen molar-refractivity contribution in [3.63, 3.8) is 0 Å². The van der Waals surface area contributed by atoms with Gasteiger partial charge in [-0.15, -0.1) is 0 Å². The molecule has 1 N–H and O–H groups in total. The van der Waals surface area contributed by atoms with Crippen molar-refractivity contribution in [1.29, 1.82) is 0 Å². The lowest BCUT2D eigenvalue weighted by atomic mass is 9.98. The van der Waals surface area contributed by atoms with E-state index in [2.05, 4.69) is 23.5 Å². The van der Waals surface area contributed by atoms with Crippen molar-refractivity contribution in [2.24, 2.45) is 5.92 Å². The molecule has 1 aromatic rings. The van der Waals surface area contributed by atoms with Gasteiger partial charge < -0.3 is 10.2 Å². The molecule has 0 saturated heterocycles. The maximum absolute atomic E-state index is 12.9. The molecule has 1 aliphatic carbocycles. The highest BCUT2D eigenvalue weighted by atomic mass is 16.2. The summed E-state index contributed by atoms with van der Waals surface area (Å²) in [6.45, 7) is 2.55. The van der Waals surface area contributed by atoms with Gasteiger partial charge in [-0.2, -0.15) is 0 Å². The zero-order chi connectivity index (χ0) is 13.8. The predicted molar refractivity (Wildman–Crippen MR) is 81.7 cm³/mol. The minimum Gasteiger partial charge on any atom is -0.311 e. The minimum atomic E-state index is 0.239. The van der Waals surface area contributed by atoms with Crippen molar-refractivity contribution in [3.05, 3.63) is 29.8 Å². The fourth-order valence-corrected chi connectivity index (χ4v) is 3.43. The fraction of sp³-hybridized carbons (Fsp3) is 0.588. The SMILES string of the molecule is O=C(C1CCCCCC1)N1CCNCc2ccccc21. The van der Waals surface area contributed by atoms with Crippen molar-refractivity contribution in [1.82, 2.24) is 5.32 Å². The monoisotopic (exact) mass is 272 g/mol. The fourth-order valence-electron chi connectivity index (χ4n) is 3.43. The van der Waals surface area contributed by atoms with E-state index in [1.165, 1.54) is 31.2 Å². The number of fused-ring (bicyclic) bond motifs is 1. The molecule has 0 atom stereocenters. The molecule has 0 bridgehead atoms. The Morgan fingerprint density at radius 2 is 1.85 bits per heavy atom. The molecule has 1 saturated carbocycles. The molecular weight excluding hydrogens is 248 g/mol. The van der Waals surface area contributed by atoms with E-state index in [1.54, 1.807) is 0 Å². The van der Waals surface area contributed by atoms with E-state index in [-0.39, 0.29) is 5.92 Å². The summed E-state index contributed by atoms with van der Waals surface area (Å²) in [6.07, 6.45) is 7.16. The van der Waals surface area contributed by atoms with Gasteiger partial charge in [0.2, 0.25) is 5.91 Å². The summed E-state index contributed by atoms with van der Waals surface area (Å²) < 4.78 is 0. The topological polar surface area (TPSA) is 32.3 Å². The summed E-state index contributed by atoms with van der Waals surface area (Å²) in [6, 6.07) is 8.32. The van der Waals surface area contributed by atoms with E-state index < -0.39 is 0 Å². The van der Waals surface area contributed by atoms with Crippen LogP contribution in [-0.2, 0) is 11.3 Å². The number of para-hydroxylation sites is 1. The van der Waals surface area contributed by atoms with Crippen LogP contribution in [0.3, 0.4) is 0 Å². The van der Waals surface area contributed by atoms with Crippen LogP contribution in [0.4, 0.5) is 5.69 Å². The Kier molecular flexibility index (Phi) is 4.36. The third-order valence-corrected chi connectivity index (χ3v) is 4.58. The van der Waals surface area contributed by atoms with Gasteiger partial charge in [0.15, 0.2) is 0 Å². The maximum atomic E-state index is 12.9. The number of carbonyl (C=O) groups is 1. The van der Waals surface area contributed by atoms with E-state index in [0.29, 0.717) is 5.91 Å². The second-order valence-corrected chi connectivity index (χ2v) is 5.98. The van der Waals surface area contributed by atoms with Crippen LogP contribution >= 0.6 is 0 Å². The van der Waals surface area contributed by atoms with Crippen LogP contribution in [-0.4, -0.2) is 19.0 Å². The number of rotatable bonds is 1. The molecule has 1 aromatic carbocycles. The average molecular weight is 272 g/mol. The lowest BCUT2D eigenvalue weighted by Gasteiger charge is -2.27. The van der Waals surface area contributed by atoms with Gasteiger partial charge in [0.25, 0.3) is 0 Å². The first-order valence-corrected chi connectivity index (χ1v) is 7.96. The number of nitrogens with one attached hydrogen (secondary N) is 1. The largest absolute Gasteiger partial charge is 0.311 e. The molecule has 1 heterocycles. The first-order valence-electron chi connectivity index (χ1n) is 7.96. The molecule has 3 nitrogen and oxygen atoms in total. The van der Waals surface area contributed by atoms with Crippen molar-refractivity contribution >= 4 is 11.6 Å². The standard InChI is InChI=1S/C17H24N2O/c20-17(14-7-3-1-2-4-8-14)19-12-11-18-13-15-9-5-6-10-16(15)19/h5-6,9-10,14,18H,1-4,7-8,11-13H2. The van der Waals surface area contributed by atoms with Gasteiger partial charge in [-0.25, -0.2) is 0 Å². The highest BCUT2D eigenvalue weighted by Gasteiger charge is 2.27. The van der Waals surface area contributed by atoms with Crippen LogP contribution in [0.1, 0.15) is 44.1 Å². The van der Waals surface area contributed by atoms with E-state index in [0.717, 1.165) is 38.2 Å². The normalized spacial score (nSPS) is 20.9. The van der Waals surface area contributed by atoms with Crippen LogP contribution in [0, 0.1) is 5.92 Å². The molecule has 1 amide bonds. The summed E-state index contributed by atoms with van der Waals surface area (Å²) in [5, 5.41) is 3.41. The molecular formula is C17H24N2O. The van der Waals surface area contributed by atoms with Crippen LogP contribution in [0.2, 0.25) is 0 Å². The molecule has 0 spiro atoms. The van der Waals surface area contributed by atoms with Gasteiger partial charge >= 0.3 is 0 Å². The molecule has 0 unspecified atom stereocenters. The highest BCUT2D eigenvalue weighted by Crippen LogP contribution is 2.29. The van der Waals surface area contributed by atoms with Gasteiger partial charge in [0, 0.05) is 31.2 Å². The van der Waals surface area contributed by atoms with Crippen LogP contribution < -0.4 is 10.2 Å². The molecule has 20 heavy (non-hydrogen) atoms. The van der Waals surface area contributed by atoms with Gasteiger partial charge in [0.05, 0.1) is 0 Å². The third kappa shape index (κ3) is 2.88. The summed E-state index contributed by atoms with van der Waals surface area (Å²) in [5.74, 6) is 0.590. The number of carbonyl (C=O) groups excluding carboxylic acids is 1. The van der Waals surface area contributed by atoms with Gasteiger partial charge in [0.1, 0.15) is 0 Å². The Hall–Kier alpha value is -1.35. The lowest BCUT2D eigenvalue weighted by Crippen LogP contribution is -2.39. The Labute approximate surface area is 121 Å². The highest BCUT2D eigenvalue weighted by molar-refractivity contribution is 5.95. The second kappa shape index (κ2) is 6.40. The van der Waals surface area contributed by atoms with E-state index in [4.69, 9.17) is 0 Å². The van der Waals surface area contributed by atoms with Crippen molar-refractivity contribution in [3.8, 4) is 0 Å². The molecule has 0 radical (unpaired) electrons. The molecule has 3 rings (SSSR count). The van der Waals surface area contributed by atoms with Crippen LogP contribution in [0.5, 0.6) is 0 Å². The summed E-state index contributed by atoms with van der Waals surface area (Å²) in [5.41, 5.74) is 2.36. The quantitative estimate of drug-likeness (QED) is 0.797. The minimum absolute atomic E-state index is 0.239. The average Bonchev–Trinajstić information content (AvgIpc) is 2.87. The smallest absolute Gasteiger partial charge is 0.230 e. The number of nitrogens with zero attached hydrogens (tertiary/aromatic N) is 1. The Bertz CT molecular complexity index is 464. The maximum Gasteiger partial charge on any atom is 0.230 e. The third-order valence-electron chi connectivity index (χ3n) is 4.58. The Balaban J connectivity index is 1.83. The number of hydrogen-bond donors (Lipinski definition) is 1. The van der Waals surface area contributed by atoms with Crippen LogP contribution in [0.25, 0.3) is 0 Å². The van der Waals surface area contributed by atoms with Gasteiger partial charge in [-0.3, -0.25) is 4.79 Å². The molecule has 1 aliphatic heterocycles. The van der Waals surface area contributed by atoms with Crippen molar-refractivity contribution in [2.45, 2.75) is 45.1 Å². The number of hydrogen-bond acceptors (Lipinski definition) is 2. The second-order valence-electron chi connectivity index (χ2n) is 5.98. The number of benzene rings is 1. The predicted octanol–water partition coefficient (Wildman–Crippen LogP) is 3.09. The van der Waals surface area contributed by atoms with Crippen molar-refractivity contribution in [2.75, 3.05) is 18.0 Å². The molecule has 0 aromatic heterocycles. The molecule has 3 heteroatoms. The number of amides is 1. The molecule has 108 valence electrons. The van der Waals surface area contributed by atoms with Crippen molar-refractivity contribution < 1.29 is 4.79 Å². The number of anilines is 1. The van der Waals surface area contributed by atoms with E-state index >= 15 is 0 Å². The zero-order valence-electron chi connectivity index (χ0n) is 12.1. The van der Waals surface area contributed by atoms with E-state index in [1.807, 2.05) is 11.0 Å². The first kappa shape index (κ1) is 13.6. The zero-order valence-corrected chi connectivity index (χ0v) is 12.1. The van der Waals surface area contributed by atoms with Crippen LogP contribution in [0.15, 0.2) is 24.3 Å². The van der Waals surface area contributed by atoms with Gasteiger partial charge in [-0.1, -0.05) is 43.9 Å². The molecule has 1 fully saturated rings. The summed E-state index contributed by atoms with van der Waals surface area (Å²) in [4.78, 5) is 15.0. The van der Waals surface area contributed by atoms with E-state index in [9.17, 15) is 4.79 Å². The van der Waals surface area contributed by atoms with Gasteiger partial charge in [-0.05, 0) is 24.5 Å². The lowest BCUT2D eigenvalue weighted by molar-refractivity contribution is -0.122. The summed E-state index contributed by atoms with van der Waals surface area (Å²) in [7, 11) is 0. The Morgan fingerprint density at radius 3 is 2.65 bits per heavy atom. The summed E-state index contributed by atoms with van der Waals surface area (Å²) >= 11 is 0. The molecule has 2 aliphatic rings.